The molecular weight excluding hydrogens is 420 g/mol. The van der Waals surface area contributed by atoms with Gasteiger partial charge in [-0.2, -0.15) is 4.37 Å². The van der Waals surface area contributed by atoms with Gasteiger partial charge in [-0.3, -0.25) is 9.36 Å². The molecule has 0 atom stereocenters. The first-order chi connectivity index (χ1) is 14.0. The number of halogens is 1. The van der Waals surface area contributed by atoms with Crippen LogP contribution >= 0.6 is 23.1 Å². The Morgan fingerprint density at radius 1 is 1.31 bits per heavy atom. The van der Waals surface area contributed by atoms with E-state index in [1.54, 1.807) is 27.0 Å². The average Bonchev–Trinajstić information content (AvgIpc) is 3.14. The molecule has 3 aromatic heterocycles. The SMILES string of the molecule is CCOC(=O)c1cn(-c2nc(COCCOC)ns2)c2nc(Cl)cc(C)c2c1=O. The molecule has 0 aliphatic heterocycles. The molecular formula is C18H19ClN4O5S. The molecule has 9 nitrogen and oxygen atoms in total. The van der Waals surface area contributed by atoms with Crippen LogP contribution in [0.4, 0.5) is 0 Å². The Bertz CT molecular complexity index is 1100. The van der Waals surface area contributed by atoms with E-state index < -0.39 is 11.4 Å². The summed E-state index contributed by atoms with van der Waals surface area (Å²) in [6.45, 7) is 4.63. The molecule has 3 heterocycles. The second-order valence-corrected chi connectivity index (χ2v) is 7.08. The van der Waals surface area contributed by atoms with Crippen molar-refractivity contribution in [2.24, 2.45) is 0 Å². The van der Waals surface area contributed by atoms with Crippen molar-refractivity contribution in [3.8, 4) is 5.13 Å². The van der Waals surface area contributed by atoms with E-state index in [2.05, 4.69) is 14.3 Å². The Morgan fingerprint density at radius 3 is 2.83 bits per heavy atom. The number of ether oxygens (including phenoxy) is 3. The molecule has 0 aliphatic rings. The van der Waals surface area contributed by atoms with Crippen molar-refractivity contribution in [3.63, 3.8) is 0 Å². The summed E-state index contributed by atoms with van der Waals surface area (Å²) in [4.78, 5) is 34.0. The number of hydrogen-bond donors (Lipinski definition) is 0. The normalized spacial score (nSPS) is 11.2. The number of aromatic nitrogens is 4. The predicted octanol–water partition coefficient (Wildman–Crippen LogP) is 2.54. The topological polar surface area (TPSA) is 105 Å². The molecule has 11 heteroatoms. The minimum atomic E-state index is -0.713. The Kier molecular flexibility index (Phi) is 6.91. The van der Waals surface area contributed by atoms with E-state index in [1.165, 1.54) is 10.8 Å². The van der Waals surface area contributed by atoms with Crippen LogP contribution in [0.1, 0.15) is 28.7 Å². The number of aryl methyl sites for hydroxylation is 1. The van der Waals surface area contributed by atoms with E-state index >= 15 is 0 Å². The lowest BCUT2D eigenvalue weighted by atomic mass is 10.1. The largest absolute Gasteiger partial charge is 0.462 e. The molecule has 0 aliphatic carbocycles. The molecule has 0 spiro atoms. The molecule has 0 N–H and O–H groups in total. The fourth-order valence-electron chi connectivity index (χ4n) is 2.66. The Balaban J connectivity index is 2.11. The molecule has 0 amide bonds. The van der Waals surface area contributed by atoms with Gasteiger partial charge < -0.3 is 14.2 Å². The van der Waals surface area contributed by atoms with Gasteiger partial charge in [0.05, 0.1) is 25.2 Å². The van der Waals surface area contributed by atoms with Crippen molar-refractivity contribution >= 4 is 40.1 Å². The van der Waals surface area contributed by atoms with Crippen molar-refractivity contribution in [2.45, 2.75) is 20.5 Å². The highest BCUT2D eigenvalue weighted by atomic mass is 35.5. The van der Waals surface area contributed by atoms with Gasteiger partial charge in [0.1, 0.15) is 17.3 Å². The maximum absolute atomic E-state index is 12.9. The second-order valence-electron chi connectivity index (χ2n) is 5.96. The minimum absolute atomic E-state index is 0.111. The summed E-state index contributed by atoms with van der Waals surface area (Å²) < 4.78 is 21.2. The van der Waals surface area contributed by atoms with Crippen LogP contribution < -0.4 is 5.43 Å². The lowest BCUT2D eigenvalue weighted by molar-refractivity contribution is 0.0524. The number of carbonyl (C=O) groups excluding carboxylic acids is 1. The van der Waals surface area contributed by atoms with E-state index in [9.17, 15) is 9.59 Å². The van der Waals surface area contributed by atoms with E-state index in [4.69, 9.17) is 25.8 Å². The molecule has 0 unspecified atom stereocenters. The van der Waals surface area contributed by atoms with Gasteiger partial charge in [-0.15, -0.1) is 0 Å². The maximum Gasteiger partial charge on any atom is 0.343 e. The molecule has 0 fully saturated rings. The van der Waals surface area contributed by atoms with Gasteiger partial charge in [-0.25, -0.2) is 14.8 Å². The highest BCUT2D eigenvalue weighted by Gasteiger charge is 2.21. The van der Waals surface area contributed by atoms with E-state index in [0.717, 1.165) is 11.5 Å². The third-order valence-corrected chi connectivity index (χ3v) is 4.89. The standard InChI is InChI=1S/C18H19ClN4O5S/c1-4-28-17(25)11-8-23(16-14(15(11)24)10(2)7-12(19)20-16)18-21-13(22-29-18)9-27-6-5-26-3/h7-8H,4-6,9H2,1-3H3. The molecule has 29 heavy (non-hydrogen) atoms. The van der Waals surface area contributed by atoms with Crippen LogP contribution in [0.25, 0.3) is 16.2 Å². The number of pyridine rings is 2. The van der Waals surface area contributed by atoms with Gasteiger partial charge in [0.2, 0.25) is 10.6 Å². The number of methoxy groups -OCH3 is 1. The molecule has 0 aromatic carbocycles. The highest BCUT2D eigenvalue weighted by Crippen LogP contribution is 2.23. The molecule has 3 aromatic rings. The van der Waals surface area contributed by atoms with Crippen LogP contribution in [0, 0.1) is 6.92 Å². The van der Waals surface area contributed by atoms with Crippen LogP contribution in [0.2, 0.25) is 5.15 Å². The van der Waals surface area contributed by atoms with Crippen molar-refractivity contribution in [3.05, 3.63) is 44.6 Å². The summed E-state index contributed by atoms with van der Waals surface area (Å²) in [5.74, 6) is -0.250. The first-order valence-corrected chi connectivity index (χ1v) is 9.90. The molecule has 154 valence electrons. The third-order valence-electron chi connectivity index (χ3n) is 3.95. The zero-order valence-electron chi connectivity index (χ0n) is 16.1. The molecule has 0 bridgehead atoms. The molecule has 0 saturated carbocycles. The summed E-state index contributed by atoms with van der Waals surface area (Å²) in [6.07, 6.45) is 1.36. The molecule has 3 rings (SSSR count). The summed E-state index contributed by atoms with van der Waals surface area (Å²) in [7, 11) is 1.59. The highest BCUT2D eigenvalue weighted by molar-refractivity contribution is 7.08. The van der Waals surface area contributed by atoms with E-state index in [1.807, 2.05) is 0 Å². The van der Waals surface area contributed by atoms with Gasteiger partial charge >= 0.3 is 5.97 Å². The van der Waals surface area contributed by atoms with Crippen molar-refractivity contribution in [1.82, 2.24) is 18.9 Å². The number of hydrogen-bond acceptors (Lipinski definition) is 9. The quantitative estimate of drug-likeness (QED) is 0.300. The summed E-state index contributed by atoms with van der Waals surface area (Å²) in [6, 6.07) is 1.57. The Morgan fingerprint density at radius 2 is 2.10 bits per heavy atom. The van der Waals surface area contributed by atoms with Gasteiger partial charge in [-0.05, 0) is 25.5 Å². The summed E-state index contributed by atoms with van der Waals surface area (Å²) in [5, 5.41) is 0.910. The summed E-state index contributed by atoms with van der Waals surface area (Å²) in [5.41, 5.74) is 0.303. The zero-order chi connectivity index (χ0) is 21.0. The second kappa shape index (κ2) is 9.40. The maximum atomic E-state index is 12.9. The Labute approximate surface area is 175 Å². The van der Waals surface area contributed by atoms with Crippen LogP contribution in [0.3, 0.4) is 0 Å². The number of esters is 1. The molecule has 0 saturated heterocycles. The first-order valence-electron chi connectivity index (χ1n) is 8.75. The lowest BCUT2D eigenvalue weighted by Crippen LogP contribution is -2.21. The van der Waals surface area contributed by atoms with Gasteiger partial charge in [-0.1, -0.05) is 11.6 Å². The average molecular weight is 439 g/mol. The van der Waals surface area contributed by atoms with E-state index in [0.29, 0.717) is 29.7 Å². The van der Waals surface area contributed by atoms with E-state index in [-0.39, 0.29) is 35.0 Å². The number of fused-ring (bicyclic) bond motifs is 1. The van der Waals surface area contributed by atoms with Gasteiger partial charge in [0.15, 0.2) is 11.5 Å². The summed E-state index contributed by atoms with van der Waals surface area (Å²) >= 11 is 7.19. The fourth-order valence-corrected chi connectivity index (χ4v) is 3.56. The molecule has 0 radical (unpaired) electrons. The van der Waals surface area contributed by atoms with Crippen molar-refractivity contribution < 1.29 is 19.0 Å². The van der Waals surface area contributed by atoms with Crippen LogP contribution in [-0.4, -0.2) is 51.8 Å². The number of carbonyl (C=O) groups is 1. The van der Waals surface area contributed by atoms with Crippen molar-refractivity contribution in [2.75, 3.05) is 26.9 Å². The minimum Gasteiger partial charge on any atom is -0.462 e. The third kappa shape index (κ3) is 4.61. The van der Waals surface area contributed by atoms with Gasteiger partial charge in [0, 0.05) is 24.8 Å². The number of rotatable bonds is 8. The lowest BCUT2D eigenvalue weighted by Gasteiger charge is -2.11. The monoisotopic (exact) mass is 438 g/mol. The predicted molar refractivity (Wildman–Crippen MR) is 108 cm³/mol. The zero-order valence-corrected chi connectivity index (χ0v) is 17.7. The van der Waals surface area contributed by atoms with Crippen molar-refractivity contribution in [1.29, 1.82) is 0 Å². The van der Waals surface area contributed by atoms with Crippen LogP contribution in [0.15, 0.2) is 17.1 Å². The smallest absolute Gasteiger partial charge is 0.343 e. The Hall–Kier alpha value is -2.40. The first kappa shape index (κ1) is 21.3. The van der Waals surface area contributed by atoms with Gasteiger partial charge in [0.25, 0.3) is 0 Å². The number of nitrogens with zero attached hydrogens (tertiary/aromatic N) is 4. The fraction of sp³-hybridized carbons (Fsp3) is 0.389. The van der Waals surface area contributed by atoms with Crippen LogP contribution in [0.5, 0.6) is 0 Å². The van der Waals surface area contributed by atoms with Crippen LogP contribution in [-0.2, 0) is 20.8 Å².